The van der Waals surface area contributed by atoms with E-state index in [1.54, 1.807) is 0 Å². The van der Waals surface area contributed by atoms with Gasteiger partial charge in [-0.15, -0.1) is 0 Å². The summed E-state index contributed by atoms with van der Waals surface area (Å²) in [7, 11) is 0. The molecule has 0 saturated carbocycles. The van der Waals surface area contributed by atoms with E-state index in [9.17, 15) is 0 Å². The minimum Gasteiger partial charge on any atom is -0.0654 e. The van der Waals surface area contributed by atoms with Crippen molar-refractivity contribution >= 4 is 0 Å². The Morgan fingerprint density at radius 3 is 1.92 bits per heavy atom. The molecule has 0 nitrogen and oxygen atoms in total. The lowest BCUT2D eigenvalue weighted by molar-refractivity contribution is 0.617. The minimum absolute atomic E-state index is 1.34. The van der Waals surface area contributed by atoms with Crippen molar-refractivity contribution < 1.29 is 0 Å². The van der Waals surface area contributed by atoms with Crippen molar-refractivity contribution in [2.45, 2.75) is 71.6 Å². The molecule has 0 aliphatic rings. The standard InChI is InChI=1S/C12H25/c1-3-5-7-9-11-12-10-8-6-4-2/h9H,3-8,10-12H2,1-2H3/q+1. The van der Waals surface area contributed by atoms with Crippen LogP contribution in [-0.4, -0.2) is 0 Å². The first-order valence-electron chi connectivity index (χ1n) is 5.73. The van der Waals surface area contributed by atoms with Gasteiger partial charge in [-0.05, 0) is 19.3 Å². The summed E-state index contributed by atoms with van der Waals surface area (Å²) < 4.78 is 0. The van der Waals surface area contributed by atoms with Gasteiger partial charge in [0.1, 0.15) is 0 Å². The Hall–Kier alpha value is -0.130. The molecule has 72 valence electrons. The Bertz CT molecular complexity index is 56.4. The molecule has 0 heteroatoms. The summed E-state index contributed by atoms with van der Waals surface area (Å²) in [5, 5.41) is 0. The van der Waals surface area contributed by atoms with Crippen LogP contribution in [0.15, 0.2) is 0 Å². The maximum Gasteiger partial charge on any atom is 0.0875 e. The Morgan fingerprint density at radius 1 is 0.667 bits per heavy atom. The van der Waals surface area contributed by atoms with Crippen molar-refractivity contribution in [3.63, 3.8) is 0 Å². The van der Waals surface area contributed by atoms with E-state index in [1.807, 2.05) is 0 Å². The van der Waals surface area contributed by atoms with Crippen LogP contribution in [0.25, 0.3) is 0 Å². The molecule has 0 spiro atoms. The third-order valence-corrected chi connectivity index (χ3v) is 2.27. The van der Waals surface area contributed by atoms with E-state index < -0.39 is 0 Å². The monoisotopic (exact) mass is 169 g/mol. The second-order valence-electron chi connectivity index (χ2n) is 3.63. The lowest BCUT2D eigenvalue weighted by Gasteiger charge is -1.94. The topological polar surface area (TPSA) is 0 Å². The maximum absolute atomic E-state index is 2.47. The molecule has 0 N–H and O–H groups in total. The van der Waals surface area contributed by atoms with E-state index in [1.165, 1.54) is 57.8 Å². The van der Waals surface area contributed by atoms with Crippen LogP contribution in [0.4, 0.5) is 0 Å². The van der Waals surface area contributed by atoms with E-state index in [-0.39, 0.29) is 0 Å². The Labute approximate surface area is 78.8 Å². The summed E-state index contributed by atoms with van der Waals surface area (Å²) in [4.78, 5) is 0. The molecular weight excluding hydrogens is 144 g/mol. The molecular formula is C12H25+. The minimum atomic E-state index is 1.34. The number of hydrogen-bond acceptors (Lipinski definition) is 0. The first kappa shape index (κ1) is 11.9. The first-order valence-corrected chi connectivity index (χ1v) is 5.73. The van der Waals surface area contributed by atoms with Crippen LogP contribution >= 0.6 is 0 Å². The van der Waals surface area contributed by atoms with E-state index >= 15 is 0 Å². The van der Waals surface area contributed by atoms with Crippen molar-refractivity contribution in [3.8, 4) is 0 Å². The molecule has 0 saturated heterocycles. The fourth-order valence-electron chi connectivity index (χ4n) is 1.39. The summed E-state index contributed by atoms with van der Waals surface area (Å²) in [6.45, 7) is 4.53. The summed E-state index contributed by atoms with van der Waals surface area (Å²) in [5.41, 5.74) is 0. The number of rotatable bonds is 9. The normalized spacial score (nSPS) is 10.2. The smallest absolute Gasteiger partial charge is 0.0654 e. The predicted molar refractivity (Wildman–Crippen MR) is 57.2 cm³/mol. The van der Waals surface area contributed by atoms with E-state index in [2.05, 4.69) is 20.3 Å². The second-order valence-corrected chi connectivity index (χ2v) is 3.63. The fraction of sp³-hybridized carbons (Fsp3) is 0.917. The molecule has 0 atom stereocenters. The highest BCUT2D eigenvalue weighted by Crippen LogP contribution is 2.09. The van der Waals surface area contributed by atoms with Gasteiger partial charge in [-0.25, -0.2) is 0 Å². The Kier molecular flexibility index (Phi) is 10.8. The Morgan fingerprint density at radius 2 is 1.25 bits per heavy atom. The van der Waals surface area contributed by atoms with Gasteiger partial charge in [0.15, 0.2) is 0 Å². The van der Waals surface area contributed by atoms with Crippen LogP contribution in [0, 0.1) is 6.42 Å². The van der Waals surface area contributed by atoms with Gasteiger partial charge in [-0.3, -0.25) is 0 Å². The average Bonchev–Trinajstić information content (AvgIpc) is 2.10. The lowest BCUT2D eigenvalue weighted by atomic mass is 10.1. The third kappa shape index (κ3) is 9.87. The van der Waals surface area contributed by atoms with Gasteiger partial charge in [0.05, 0.1) is 19.3 Å². The summed E-state index contributed by atoms with van der Waals surface area (Å²) in [6, 6.07) is 0. The van der Waals surface area contributed by atoms with Crippen LogP contribution in [0.2, 0.25) is 0 Å². The quantitative estimate of drug-likeness (QED) is 0.345. The van der Waals surface area contributed by atoms with Gasteiger partial charge < -0.3 is 0 Å². The molecule has 12 heavy (non-hydrogen) atoms. The van der Waals surface area contributed by atoms with Crippen molar-refractivity contribution in [2.24, 2.45) is 0 Å². The van der Waals surface area contributed by atoms with Crippen molar-refractivity contribution in [1.29, 1.82) is 0 Å². The van der Waals surface area contributed by atoms with Gasteiger partial charge in [-0.1, -0.05) is 39.5 Å². The van der Waals surface area contributed by atoms with Crippen LogP contribution < -0.4 is 0 Å². The largest absolute Gasteiger partial charge is 0.0875 e. The highest BCUT2D eigenvalue weighted by atomic mass is 14.0. The number of unbranched alkanes of at least 4 members (excludes halogenated alkanes) is 9. The SMILES string of the molecule is CCCC[CH+]CCCCCCC. The molecule has 0 heterocycles. The zero-order chi connectivity index (χ0) is 9.07. The van der Waals surface area contributed by atoms with Gasteiger partial charge in [0, 0.05) is 0 Å². The summed E-state index contributed by atoms with van der Waals surface area (Å²) in [5.74, 6) is 0. The van der Waals surface area contributed by atoms with Gasteiger partial charge in [-0.2, -0.15) is 0 Å². The lowest BCUT2D eigenvalue weighted by Crippen LogP contribution is -1.81. The molecule has 0 radical (unpaired) electrons. The highest BCUT2D eigenvalue weighted by Gasteiger charge is 1.97. The van der Waals surface area contributed by atoms with Crippen molar-refractivity contribution in [1.82, 2.24) is 0 Å². The van der Waals surface area contributed by atoms with Gasteiger partial charge >= 0.3 is 0 Å². The zero-order valence-corrected chi connectivity index (χ0v) is 8.94. The molecule has 0 aliphatic carbocycles. The third-order valence-electron chi connectivity index (χ3n) is 2.27. The molecule has 0 aliphatic heterocycles. The molecule has 0 amide bonds. The van der Waals surface area contributed by atoms with E-state index in [0.717, 1.165) is 0 Å². The van der Waals surface area contributed by atoms with Crippen LogP contribution in [0.1, 0.15) is 71.6 Å². The first-order chi connectivity index (χ1) is 5.91. The average molecular weight is 169 g/mol. The second kappa shape index (κ2) is 10.9. The zero-order valence-electron chi connectivity index (χ0n) is 8.94. The number of hydrogen-bond donors (Lipinski definition) is 0. The molecule has 0 rings (SSSR count). The van der Waals surface area contributed by atoms with Gasteiger partial charge in [0.25, 0.3) is 0 Å². The molecule has 0 bridgehead atoms. The molecule has 0 fully saturated rings. The van der Waals surface area contributed by atoms with Crippen LogP contribution in [-0.2, 0) is 0 Å². The summed E-state index contributed by atoms with van der Waals surface area (Å²) in [6.07, 6.45) is 15.0. The maximum atomic E-state index is 2.47. The fourth-order valence-corrected chi connectivity index (χ4v) is 1.39. The summed E-state index contributed by atoms with van der Waals surface area (Å²) >= 11 is 0. The van der Waals surface area contributed by atoms with E-state index in [4.69, 9.17) is 0 Å². The molecule has 0 aromatic rings. The van der Waals surface area contributed by atoms with Crippen LogP contribution in [0.3, 0.4) is 0 Å². The van der Waals surface area contributed by atoms with Crippen molar-refractivity contribution in [3.05, 3.63) is 6.42 Å². The Balaban J connectivity index is 2.73. The molecule has 0 unspecified atom stereocenters. The molecule has 0 aromatic heterocycles. The van der Waals surface area contributed by atoms with Gasteiger partial charge in [0.2, 0.25) is 0 Å². The van der Waals surface area contributed by atoms with Crippen LogP contribution in [0.5, 0.6) is 0 Å². The predicted octanol–water partition coefficient (Wildman–Crippen LogP) is 4.74. The van der Waals surface area contributed by atoms with E-state index in [0.29, 0.717) is 0 Å². The van der Waals surface area contributed by atoms with Crippen molar-refractivity contribution in [2.75, 3.05) is 0 Å². The molecule has 0 aromatic carbocycles. The highest BCUT2D eigenvalue weighted by molar-refractivity contribution is 4.63.